The number of rotatable bonds is 6. The van der Waals surface area contributed by atoms with Crippen LogP contribution in [-0.2, 0) is 13.6 Å². The van der Waals surface area contributed by atoms with Crippen molar-refractivity contribution in [1.82, 2.24) is 9.88 Å². The fourth-order valence-corrected chi connectivity index (χ4v) is 3.38. The van der Waals surface area contributed by atoms with Crippen molar-refractivity contribution in [2.75, 3.05) is 12.3 Å². The van der Waals surface area contributed by atoms with Crippen LogP contribution in [0, 0.1) is 0 Å². The molecule has 1 aromatic heterocycles. The molecule has 21 heavy (non-hydrogen) atoms. The van der Waals surface area contributed by atoms with Gasteiger partial charge in [-0.15, -0.1) is 11.8 Å². The van der Waals surface area contributed by atoms with Gasteiger partial charge in [0.05, 0.1) is 0 Å². The van der Waals surface area contributed by atoms with E-state index in [-0.39, 0.29) is 0 Å². The van der Waals surface area contributed by atoms with Gasteiger partial charge >= 0.3 is 0 Å². The number of hydrogen-bond donors (Lipinski definition) is 1. The summed E-state index contributed by atoms with van der Waals surface area (Å²) in [6, 6.07) is 19.1. The van der Waals surface area contributed by atoms with Gasteiger partial charge in [-0.25, -0.2) is 0 Å². The second kappa shape index (κ2) is 6.83. The Kier molecular flexibility index (Phi) is 4.63. The minimum Gasteiger partial charge on any atom is -0.350 e. The Morgan fingerprint density at radius 2 is 1.76 bits per heavy atom. The number of aryl methyl sites for hydroxylation is 1. The van der Waals surface area contributed by atoms with Gasteiger partial charge in [-0.1, -0.05) is 36.4 Å². The highest BCUT2D eigenvalue weighted by Gasteiger charge is 2.04. The van der Waals surface area contributed by atoms with Crippen molar-refractivity contribution in [3.8, 4) is 0 Å². The summed E-state index contributed by atoms with van der Waals surface area (Å²) < 4.78 is 2.20. The van der Waals surface area contributed by atoms with E-state index in [0.717, 1.165) is 18.8 Å². The van der Waals surface area contributed by atoms with Crippen molar-refractivity contribution in [3.05, 3.63) is 66.4 Å². The molecule has 1 N–H and O–H groups in total. The van der Waals surface area contributed by atoms with E-state index in [2.05, 4.69) is 77.7 Å². The predicted octanol–water partition coefficient (Wildman–Crippen LogP) is 4.06. The maximum absolute atomic E-state index is 3.54. The minimum atomic E-state index is 0.927. The van der Waals surface area contributed by atoms with Crippen molar-refractivity contribution in [2.45, 2.75) is 11.4 Å². The third-order valence-corrected chi connectivity index (χ3v) is 4.60. The first-order valence-electron chi connectivity index (χ1n) is 7.26. The Bertz CT molecular complexity index is 704. The topological polar surface area (TPSA) is 17.0 Å². The number of benzene rings is 2. The highest BCUT2D eigenvalue weighted by atomic mass is 32.2. The Labute approximate surface area is 130 Å². The highest BCUT2D eigenvalue weighted by molar-refractivity contribution is 7.99. The lowest BCUT2D eigenvalue weighted by Crippen LogP contribution is -2.16. The van der Waals surface area contributed by atoms with Crippen LogP contribution in [0.15, 0.2) is 65.7 Å². The predicted molar refractivity (Wildman–Crippen MR) is 91.8 cm³/mol. The van der Waals surface area contributed by atoms with Crippen LogP contribution >= 0.6 is 11.8 Å². The van der Waals surface area contributed by atoms with Crippen LogP contribution in [0.3, 0.4) is 0 Å². The average molecular weight is 296 g/mol. The maximum Gasteiger partial charge on any atom is 0.0481 e. The standard InChI is InChI=1S/C18H20N2S/c1-20-14-15(17-9-5-6-10-18(17)20)13-19-11-12-21-16-7-3-2-4-8-16/h2-10,14,19H,11-13H2,1H3. The van der Waals surface area contributed by atoms with E-state index in [4.69, 9.17) is 0 Å². The molecule has 1 heterocycles. The summed E-state index contributed by atoms with van der Waals surface area (Å²) >= 11 is 1.90. The molecular formula is C18H20N2S. The van der Waals surface area contributed by atoms with E-state index in [0.29, 0.717) is 0 Å². The lowest BCUT2D eigenvalue weighted by molar-refractivity contribution is 0.732. The van der Waals surface area contributed by atoms with Crippen LogP contribution < -0.4 is 5.32 Å². The summed E-state index contributed by atoms with van der Waals surface area (Å²) in [7, 11) is 2.11. The largest absolute Gasteiger partial charge is 0.350 e. The number of nitrogens with one attached hydrogen (secondary N) is 1. The third-order valence-electron chi connectivity index (χ3n) is 3.59. The van der Waals surface area contributed by atoms with E-state index < -0.39 is 0 Å². The summed E-state index contributed by atoms with van der Waals surface area (Å²) in [5.41, 5.74) is 2.67. The molecule has 0 fully saturated rings. The van der Waals surface area contributed by atoms with Crippen LogP contribution in [0.1, 0.15) is 5.56 Å². The molecule has 0 aliphatic heterocycles. The molecular weight excluding hydrogens is 276 g/mol. The molecule has 2 aromatic carbocycles. The molecule has 0 aliphatic carbocycles. The zero-order chi connectivity index (χ0) is 14.5. The van der Waals surface area contributed by atoms with Crippen molar-refractivity contribution >= 4 is 22.7 Å². The van der Waals surface area contributed by atoms with Crippen LogP contribution in [0.5, 0.6) is 0 Å². The Hall–Kier alpha value is -1.71. The maximum atomic E-state index is 3.54. The minimum absolute atomic E-state index is 0.927. The molecule has 0 aliphatic rings. The monoisotopic (exact) mass is 296 g/mol. The lowest BCUT2D eigenvalue weighted by atomic mass is 10.2. The van der Waals surface area contributed by atoms with Gasteiger partial charge in [-0.2, -0.15) is 0 Å². The number of thioether (sulfide) groups is 1. The quantitative estimate of drug-likeness (QED) is 0.546. The van der Waals surface area contributed by atoms with Gasteiger partial charge in [0.25, 0.3) is 0 Å². The van der Waals surface area contributed by atoms with Crippen LogP contribution in [-0.4, -0.2) is 16.9 Å². The van der Waals surface area contributed by atoms with E-state index in [1.54, 1.807) is 0 Å². The Balaban J connectivity index is 1.51. The molecule has 0 unspecified atom stereocenters. The van der Waals surface area contributed by atoms with Crippen molar-refractivity contribution in [1.29, 1.82) is 0 Å². The fourth-order valence-electron chi connectivity index (χ4n) is 2.55. The van der Waals surface area contributed by atoms with Crippen molar-refractivity contribution < 1.29 is 0 Å². The first kappa shape index (κ1) is 14.2. The molecule has 3 heteroatoms. The second-order valence-electron chi connectivity index (χ2n) is 5.12. The number of aromatic nitrogens is 1. The van der Waals surface area contributed by atoms with E-state index in [1.165, 1.54) is 21.4 Å². The van der Waals surface area contributed by atoms with E-state index in [1.807, 2.05) is 11.8 Å². The van der Waals surface area contributed by atoms with Crippen LogP contribution in [0.2, 0.25) is 0 Å². The highest BCUT2D eigenvalue weighted by Crippen LogP contribution is 2.20. The molecule has 0 radical (unpaired) electrons. The first-order chi connectivity index (χ1) is 10.3. The number of hydrogen-bond acceptors (Lipinski definition) is 2. The molecule has 108 valence electrons. The van der Waals surface area contributed by atoms with E-state index in [9.17, 15) is 0 Å². The fraction of sp³-hybridized carbons (Fsp3) is 0.222. The van der Waals surface area contributed by atoms with Crippen molar-refractivity contribution in [2.24, 2.45) is 7.05 Å². The zero-order valence-corrected chi connectivity index (χ0v) is 13.1. The summed E-state index contributed by atoms with van der Waals surface area (Å²) in [6.07, 6.45) is 2.22. The number of para-hydroxylation sites is 1. The number of fused-ring (bicyclic) bond motifs is 1. The summed E-state index contributed by atoms with van der Waals surface area (Å²) in [5, 5.41) is 4.89. The molecule has 0 spiro atoms. The van der Waals surface area contributed by atoms with Crippen LogP contribution in [0.25, 0.3) is 10.9 Å². The summed E-state index contributed by atoms with van der Waals surface area (Å²) in [5.74, 6) is 1.09. The Morgan fingerprint density at radius 1 is 1.00 bits per heavy atom. The van der Waals surface area contributed by atoms with Gasteiger partial charge in [0.1, 0.15) is 0 Å². The smallest absolute Gasteiger partial charge is 0.0481 e. The zero-order valence-electron chi connectivity index (χ0n) is 12.3. The van der Waals surface area contributed by atoms with Gasteiger partial charge in [-0.05, 0) is 23.8 Å². The van der Waals surface area contributed by atoms with Gasteiger partial charge in [0, 0.05) is 47.9 Å². The number of nitrogens with zero attached hydrogens (tertiary/aromatic N) is 1. The van der Waals surface area contributed by atoms with Gasteiger partial charge in [0.2, 0.25) is 0 Å². The van der Waals surface area contributed by atoms with Crippen LogP contribution in [0.4, 0.5) is 0 Å². The molecule has 0 amide bonds. The molecule has 0 saturated heterocycles. The van der Waals surface area contributed by atoms with Gasteiger partial charge in [-0.3, -0.25) is 0 Å². The molecule has 0 atom stereocenters. The normalized spacial score (nSPS) is 11.1. The SMILES string of the molecule is Cn1cc(CNCCSc2ccccc2)c2ccccc21. The first-order valence-corrected chi connectivity index (χ1v) is 8.24. The molecule has 3 aromatic rings. The second-order valence-corrected chi connectivity index (χ2v) is 6.29. The van der Waals surface area contributed by atoms with E-state index >= 15 is 0 Å². The Morgan fingerprint density at radius 3 is 2.62 bits per heavy atom. The van der Waals surface area contributed by atoms with Gasteiger partial charge in [0.15, 0.2) is 0 Å². The third kappa shape index (κ3) is 3.49. The summed E-state index contributed by atoms with van der Waals surface area (Å²) in [4.78, 5) is 1.34. The molecule has 2 nitrogen and oxygen atoms in total. The van der Waals surface area contributed by atoms with Crippen molar-refractivity contribution in [3.63, 3.8) is 0 Å². The molecule has 0 bridgehead atoms. The lowest BCUT2D eigenvalue weighted by Gasteiger charge is -2.04. The summed E-state index contributed by atoms with van der Waals surface area (Å²) in [6.45, 7) is 1.94. The average Bonchev–Trinajstić information content (AvgIpc) is 2.85. The molecule has 0 saturated carbocycles. The van der Waals surface area contributed by atoms with Gasteiger partial charge < -0.3 is 9.88 Å². The molecule has 3 rings (SSSR count).